The summed E-state index contributed by atoms with van der Waals surface area (Å²) >= 11 is 0. The molecule has 2 N–H and O–H groups in total. The van der Waals surface area contributed by atoms with Gasteiger partial charge in [0.2, 0.25) is 0 Å². The van der Waals surface area contributed by atoms with Crippen molar-refractivity contribution in [3.8, 4) is 0 Å². The Kier molecular flexibility index (Phi) is 2.93. The van der Waals surface area contributed by atoms with Gasteiger partial charge in [0.05, 0.1) is 17.6 Å². The number of aromatic amines is 1. The zero-order valence-corrected chi connectivity index (χ0v) is 11.0. The van der Waals surface area contributed by atoms with E-state index in [-0.39, 0.29) is 18.4 Å². The number of benzene rings is 1. The second-order valence-electron chi connectivity index (χ2n) is 5.30. The monoisotopic (exact) mass is 273 g/mol. The predicted molar refractivity (Wildman–Crippen MR) is 72.3 cm³/mol. The minimum atomic E-state index is -0.835. The quantitative estimate of drug-likeness (QED) is 0.865. The van der Waals surface area contributed by atoms with Crippen molar-refractivity contribution < 1.29 is 14.7 Å². The van der Waals surface area contributed by atoms with Crippen molar-refractivity contribution in [2.45, 2.75) is 6.92 Å². The number of H-pyrrole nitrogens is 1. The summed E-state index contributed by atoms with van der Waals surface area (Å²) < 4.78 is 0. The van der Waals surface area contributed by atoms with Crippen molar-refractivity contribution in [3.63, 3.8) is 0 Å². The van der Waals surface area contributed by atoms with Crippen molar-refractivity contribution in [1.29, 1.82) is 0 Å². The van der Waals surface area contributed by atoms with Crippen LogP contribution in [0.1, 0.15) is 17.3 Å². The summed E-state index contributed by atoms with van der Waals surface area (Å²) in [6.45, 7) is 2.63. The molecule has 1 aromatic carbocycles. The summed E-state index contributed by atoms with van der Waals surface area (Å²) in [5.74, 6) is -1.45. The van der Waals surface area contributed by atoms with Gasteiger partial charge >= 0.3 is 5.97 Å². The molecule has 1 aliphatic rings. The molecule has 0 radical (unpaired) electrons. The third-order valence-electron chi connectivity index (χ3n) is 3.90. The van der Waals surface area contributed by atoms with Gasteiger partial charge < -0.3 is 10.0 Å². The molecule has 1 amide bonds. The maximum Gasteiger partial charge on any atom is 0.308 e. The summed E-state index contributed by atoms with van der Waals surface area (Å²) in [4.78, 5) is 25.2. The molecule has 2 aromatic rings. The lowest BCUT2D eigenvalue weighted by Gasteiger charge is -2.15. The van der Waals surface area contributed by atoms with Crippen molar-refractivity contribution in [2.24, 2.45) is 11.8 Å². The molecule has 104 valence electrons. The number of carboxylic acid groups (broad SMARTS) is 1. The molecule has 20 heavy (non-hydrogen) atoms. The molecule has 1 fully saturated rings. The van der Waals surface area contributed by atoms with E-state index in [2.05, 4.69) is 10.2 Å². The Bertz CT molecular complexity index is 679. The first-order valence-electron chi connectivity index (χ1n) is 6.51. The van der Waals surface area contributed by atoms with Crippen LogP contribution in [-0.2, 0) is 4.79 Å². The summed E-state index contributed by atoms with van der Waals surface area (Å²) in [5.41, 5.74) is 1.44. The van der Waals surface area contributed by atoms with E-state index in [1.807, 2.05) is 13.0 Å². The lowest BCUT2D eigenvalue weighted by Crippen LogP contribution is -2.29. The number of likely N-dealkylation sites (tertiary alicyclic amines) is 1. The number of nitrogens with zero attached hydrogens (tertiary/aromatic N) is 2. The van der Waals surface area contributed by atoms with Gasteiger partial charge in [-0.15, -0.1) is 0 Å². The molecule has 0 bridgehead atoms. The molecule has 2 atom stereocenters. The highest BCUT2D eigenvalue weighted by atomic mass is 16.4. The molecule has 0 aliphatic carbocycles. The van der Waals surface area contributed by atoms with E-state index in [0.29, 0.717) is 12.1 Å². The molecule has 0 saturated carbocycles. The highest BCUT2D eigenvalue weighted by Crippen LogP contribution is 2.25. The van der Waals surface area contributed by atoms with Gasteiger partial charge in [0.15, 0.2) is 0 Å². The second kappa shape index (κ2) is 4.63. The van der Waals surface area contributed by atoms with Crippen LogP contribution in [-0.4, -0.2) is 45.2 Å². The Hall–Kier alpha value is -2.37. The van der Waals surface area contributed by atoms with E-state index in [4.69, 9.17) is 5.11 Å². The Morgan fingerprint density at radius 3 is 2.90 bits per heavy atom. The maximum atomic E-state index is 12.4. The molecule has 2 heterocycles. The highest BCUT2D eigenvalue weighted by molar-refractivity contribution is 5.98. The standard InChI is InChI=1S/C14H15N3O3/c1-8-6-17(7-11(8)14(19)20)13(18)9-2-3-12-10(4-9)5-15-16-12/h2-5,8,11H,6-7H2,1H3,(H,15,16)(H,19,20)/t8-,11-/m1/s1. The van der Waals surface area contributed by atoms with Gasteiger partial charge in [0.1, 0.15) is 0 Å². The SMILES string of the molecule is C[C@@H]1CN(C(=O)c2ccc3[nH]ncc3c2)C[C@H]1C(=O)O. The molecule has 6 nitrogen and oxygen atoms in total. The second-order valence-corrected chi connectivity index (χ2v) is 5.30. The van der Waals surface area contributed by atoms with Crippen LogP contribution in [0.5, 0.6) is 0 Å². The number of amides is 1. The van der Waals surface area contributed by atoms with Crippen molar-refractivity contribution in [3.05, 3.63) is 30.0 Å². The number of rotatable bonds is 2. The molecule has 1 aromatic heterocycles. The van der Waals surface area contributed by atoms with Crippen LogP contribution in [0.15, 0.2) is 24.4 Å². The van der Waals surface area contributed by atoms with Gasteiger partial charge in [0, 0.05) is 24.0 Å². The fraction of sp³-hybridized carbons (Fsp3) is 0.357. The van der Waals surface area contributed by atoms with Crippen LogP contribution < -0.4 is 0 Å². The van der Waals surface area contributed by atoms with Crippen molar-refractivity contribution in [1.82, 2.24) is 15.1 Å². The third kappa shape index (κ3) is 2.03. The minimum absolute atomic E-state index is 0.0193. The average molecular weight is 273 g/mol. The molecule has 0 unspecified atom stereocenters. The Balaban J connectivity index is 1.84. The Labute approximate surface area is 115 Å². The normalized spacial score (nSPS) is 22.4. The molecular formula is C14H15N3O3. The van der Waals surface area contributed by atoms with Gasteiger partial charge in [-0.05, 0) is 24.1 Å². The number of fused-ring (bicyclic) bond motifs is 1. The topological polar surface area (TPSA) is 86.3 Å². The maximum absolute atomic E-state index is 12.4. The molecule has 1 aliphatic heterocycles. The van der Waals surface area contributed by atoms with E-state index in [0.717, 1.165) is 10.9 Å². The molecule has 0 spiro atoms. The zero-order valence-electron chi connectivity index (χ0n) is 11.0. The molecular weight excluding hydrogens is 258 g/mol. The number of carboxylic acids is 1. The van der Waals surface area contributed by atoms with Crippen LogP contribution in [0.3, 0.4) is 0 Å². The number of hydrogen-bond donors (Lipinski definition) is 2. The number of aromatic nitrogens is 2. The highest BCUT2D eigenvalue weighted by Gasteiger charge is 2.37. The summed E-state index contributed by atoms with van der Waals surface area (Å²) in [6.07, 6.45) is 1.67. The van der Waals surface area contributed by atoms with Crippen molar-refractivity contribution in [2.75, 3.05) is 13.1 Å². The Morgan fingerprint density at radius 2 is 2.20 bits per heavy atom. The minimum Gasteiger partial charge on any atom is -0.481 e. The van der Waals surface area contributed by atoms with E-state index in [1.165, 1.54) is 0 Å². The van der Waals surface area contributed by atoms with E-state index < -0.39 is 11.9 Å². The predicted octanol–water partition coefficient (Wildman–Crippen LogP) is 1.36. The molecule has 3 rings (SSSR count). The smallest absolute Gasteiger partial charge is 0.308 e. The lowest BCUT2D eigenvalue weighted by molar-refractivity contribution is -0.142. The van der Waals surface area contributed by atoms with E-state index in [1.54, 1.807) is 23.2 Å². The van der Waals surface area contributed by atoms with Crippen LogP contribution >= 0.6 is 0 Å². The number of aliphatic carboxylic acids is 1. The van der Waals surface area contributed by atoms with Crippen LogP contribution in [0, 0.1) is 11.8 Å². The number of carbonyl (C=O) groups excluding carboxylic acids is 1. The van der Waals surface area contributed by atoms with Crippen molar-refractivity contribution >= 4 is 22.8 Å². The first-order valence-corrected chi connectivity index (χ1v) is 6.51. The largest absolute Gasteiger partial charge is 0.481 e. The lowest BCUT2D eigenvalue weighted by atomic mass is 9.99. The Morgan fingerprint density at radius 1 is 1.40 bits per heavy atom. The zero-order chi connectivity index (χ0) is 14.3. The summed E-state index contributed by atoms with van der Waals surface area (Å²) in [5, 5.41) is 16.7. The first-order chi connectivity index (χ1) is 9.56. The fourth-order valence-electron chi connectivity index (χ4n) is 2.71. The van der Waals surface area contributed by atoms with Crippen LogP contribution in [0.25, 0.3) is 10.9 Å². The van der Waals surface area contributed by atoms with Gasteiger partial charge in [-0.1, -0.05) is 6.92 Å². The number of hydrogen-bond acceptors (Lipinski definition) is 3. The fourth-order valence-corrected chi connectivity index (χ4v) is 2.71. The number of carbonyl (C=O) groups is 2. The van der Waals surface area contributed by atoms with E-state index >= 15 is 0 Å². The van der Waals surface area contributed by atoms with Crippen LogP contribution in [0.2, 0.25) is 0 Å². The number of nitrogens with one attached hydrogen (secondary N) is 1. The molecule has 6 heteroatoms. The summed E-state index contributed by atoms with van der Waals surface area (Å²) in [6, 6.07) is 5.32. The third-order valence-corrected chi connectivity index (χ3v) is 3.90. The van der Waals surface area contributed by atoms with E-state index in [9.17, 15) is 9.59 Å². The average Bonchev–Trinajstić information content (AvgIpc) is 3.02. The van der Waals surface area contributed by atoms with Gasteiger partial charge in [-0.3, -0.25) is 14.7 Å². The van der Waals surface area contributed by atoms with Crippen LogP contribution in [0.4, 0.5) is 0 Å². The van der Waals surface area contributed by atoms with Gasteiger partial charge in [0.25, 0.3) is 5.91 Å². The van der Waals surface area contributed by atoms with Gasteiger partial charge in [-0.2, -0.15) is 5.10 Å². The first kappa shape index (κ1) is 12.7. The molecule has 1 saturated heterocycles. The summed E-state index contributed by atoms with van der Waals surface area (Å²) in [7, 11) is 0. The van der Waals surface area contributed by atoms with Gasteiger partial charge in [-0.25, -0.2) is 0 Å².